The average Bonchev–Trinajstić information content (AvgIpc) is 2.64. The molecule has 0 aliphatic carbocycles. The number of rotatable bonds is 6. The van der Waals surface area contributed by atoms with Crippen LogP contribution in [0.3, 0.4) is 0 Å². The molecule has 1 aromatic carbocycles. The fraction of sp³-hybridized carbons (Fsp3) is 0.444. The van der Waals surface area contributed by atoms with Crippen molar-refractivity contribution in [1.82, 2.24) is 14.9 Å². The molecule has 1 aliphatic heterocycles. The zero-order valence-electron chi connectivity index (χ0n) is 14.8. The molecule has 7 heteroatoms. The van der Waals surface area contributed by atoms with Crippen molar-refractivity contribution < 1.29 is 4.74 Å². The van der Waals surface area contributed by atoms with Crippen LogP contribution in [0.25, 0.3) is 0 Å². The van der Waals surface area contributed by atoms with Crippen LogP contribution in [0.2, 0.25) is 0 Å². The van der Waals surface area contributed by atoms with Gasteiger partial charge >= 0.3 is 0 Å². The first-order valence-corrected chi connectivity index (χ1v) is 8.56. The molecular formula is C18H25N5O2. The number of anilines is 2. The highest BCUT2D eigenvalue weighted by atomic mass is 16.5. The third-order valence-corrected chi connectivity index (χ3v) is 4.25. The molecule has 0 saturated carbocycles. The van der Waals surface area contributed by atoms with E-state index in [0.717, 1.165) is 37.6 Å². The molecule has 2 aromatic rings. The molecule has 0 spiro atoms. The molecule has 134 valence electrons. The van der Waals surface area contributed by atoms with Gasteiger partial charge in [0.2, 0.25) is 0 Å². The molecule has 0 unspecified atom stereocenters. The van der Waals surface area contributed by atoms with Gasteiger partial charge in [0.1, 0.15) is 12.4 Å². The van der Waals surface area contributed by atoms with Crippen LogP contribution in [0.1, 0.15) is 0 Å². The largest absolute Gasteiger partial charge is 0.492 e. The molecule has 1 saturated heterocycles. The standard InChI is InChI=1S/C18H25N5O2/c1-21(2)15-4-3-5-16(14-15)25-13-12-23-11-8-20-17(18(23)24)22-9-6-19-7-10-22/h3-5,8,11,14,19H,6-7,9-10,12-13H2,1-2H3. The molecule has 0 bridgehead atoms. The Morgan fingerprint density at radius 1 is 1.28 bits per heavy atom. The summed E-state index contributed by atoms with van der Waals surface area (Å²) in [6.45, 7) is 4.29. The van der Waals surface area contributed by atoms with Crippen LogP contribution in [0.4, 0.5) is 11.5 Å². The quantitative estimate of drug-likeness (QED) is 0.837. The smallest absolute Gasteiger partial charge is 0.293 e. The van der Waals surface area contributed by atoms with Gasteiger partial charge in [0.25, 0.3) is 5.56 Å². The van der Waals surface area contributed by atoms with Gasteiger partial charge in [-0.15, -0.1) is 0 Å². The molecule has 25 heavy (non-hydrogen) atoms. The summed E-state index contributed by atoms with van der Waals surface area (Å²) in [5.74, 6) is 1.33. The maximum atomic E-state index is 12.6. The Hall–Kier alpha value is -2.54. The summed E-state index contributed by atoms with van der Waals surface area (Å²) >= 11 is 0. The number of hydrogen-bond acceptors (Lipinski definition) is 6. The number of hydrogen-bond donors (Lipinski definition) is 1. The molecule has 0 amide bonds. The minimum Gasteiger partial charge on any atom is -0.492 e. The van der Waals surface area contributed by atoms with Gasteiger partial charge in [-0.2, -0.15) is 0 Å². The third-order valence-electron chi connectivity index (χ3n) is 4.25. The van der Waals surface area contributed by atoms with E-state index < -0.39 is 0 Å². The van der Waals surface area contributed by atoms with Crippen LogP contribution in [-0.2, 0) is 6.54 Å². The van der Waals surface area contributed by atoms with E-state index in [9.17, 15) is 4.79 Å². The van der Waals surface area contributed by atoms with Gasteiger partial charge in [0.05, 0.1) is 6.54 Å². The highest BCUT2D eigenvalue weighted by Gasteiger charge is 2.16. The van der Waals surface area contributed by atoms with Gasteiger partial charge in [-0.3, -0.25) is 4.79 Å². The summed E-state index contributed by atoms with van der Waals surface area (Å²) in [5.41, 5.74) is 1.02. The first-order valence-electron chi connectivity index (χ1n) is 8.56. The topological polar surface area (TPSA) is 62.6 Å². The predicted molar refractivity (Wildman–Crippen MR) is 99.8 cm³/mol. The lowest BCUT2D eigenvalue weighted by Crippen LogP contribution is -2.46. The second kappa shape index (κ2) is 8.02. The van der Waals surface area contributed by atoms with Gasteiger partial charge in [-0.25, -0.2) is 4.98 Å². The lowest BCUT2D eigenvalue weighted by Gasteiger charge is -2.27. The highest BCUT2D eigenvalue weighted by Crippen LogP contribution is 2.19. The van der Waals surface area contributed by atoms with Gasteiger partial charge in [0.15, 0.2) is 5.82 Å². The lowest BCUT2D eigenvalue weighted by atomic mass is 10.3. The van der Waals surface area contributed by atoms with Gasteiger partial charge in [-0.05, 0) is 12.1 Å². The number of ether oxygens (including phenoxy) is 1. The molecule has 2 heterocycles. The summed E-state index contributed by atoms with van der Waals surface area (Å²) in [7, 11) is 3.99. The minimum absolute atomic E-state index is 0.0601. The van der Waals surface area contributed by atoms with Crippen molar-refractivity contribution in [2.75, 3.05) is 56.7 Å². The van der Waals surface area contributed by atoms with Gasteiger partial charge in [-0.1, -0.05) is 6.07 Å². The molecule has 1 fully saturated rings. The van der Waals surface area contributed by atoms with Crippen LogP contribution >= 0.6 is 0 Å². The Balaban J connectivity index is 1.63. The first kappa shape index (κ1) is 17.3. The Morgan fingerprint density at radius 3 is 2.84 bits per heavy atom. The van der Waals surface area contributed by atoms with Crippen molar-refractivity contribution in [3.05, 3.63) is 47.0 Å². The highest BCUT2D eigenvalue weighted by molar-refractivity contribution is 5.49. The Morgan fingerprint density at radius 2 is 2.08 bits per heavy atom. The maximum Gasteiger partial charge on any atom is 0.293 e. The van der Waals surface area contributed by atoms with Crippen molar-refractivity contribution in [2.24, 2.45) is 0 Å². The van der Waals surface area contributed by atoms with E-state index in [0.29, 0.717) is 19.0 Å². The van der Waals surface area contributed by atoms with E-state index in [4.69, 9.17) is 4.74 Å². The van der Waals surface area contributed by atoms with E-state index in [2.05, 4.69) is 10.3 Å². The fourth-order valence-electron chi connectivity index (χ4n) is 2.82. The molecule has 7 nitrogen and oxygen atoms in total. The number of nitrogens with one attached hydrogen (secondary N) is 1. The van der Waals surface area contributed by atoms with E-state index in [-0.39, 0.29) is 5.56 Å². The average molecular weight is 343 g/mol. The summed E-state index contributed by atoms with van der Waals surface area (Å²) in [6, 6.07) is 7.90. The zero-order valence-corrected chi connectivity index (χ0v) is 14.8. The molecule has 1 aromatic heterocycles. The number of piperazine rings is 1. The Bertz CT molecular complexity index is 753. The second-order valence-corrected chi connectivity index (χ2v) is 6.23. The number of aromatic nitrogens is 2. The van der Waals surface area contributed by atoms with E-state index >= 15 is 0 Å². The lowest BCUT2D eigenvalue weighted by molar-refractivity contribution is 0.296. The molecule has 3 rings (SSSR count). The number of benzene rings is 1. The normalized spacial score (nSPS) is 14.4. The van der Waals surface area contributed by atoms with Crippen molar-refractivity contribution in [1.29, 1.82) is 0 Å². The molecule has 1 aliphatic rings. The van der Waals surface area contributed by atoms with Crippen molar-refractivity contribution in [2.45, 2.75) is 6.54 Å². The summed E-state index contributed by atoms with van der Waals surface area (Å²) in [4.78, 5) is 21.0. The third kappa shape index (κ3) is 4.30. The maximum absolute atomic E-state index is 12.6. The molecule has 1 N–H and O–H groups in total. The Labute approximate surface area is 147 Å². The van der Waals surface area contributed by atoms with Gasteiger partial charge in [0, 0.05) is 64.4 Å². The van der Waals surface area contributed by atoms with Gasteiger partial charge < -0.3 is 24.4 Å². The van der Waals surface area contributed by atoms with E-state index in [1.807, 2.05) is 48.2 Å². The summed E-state index contributed by atoms with van der Waals surface area (Å²) < 4.78 is 7.48. The first-order chi connectivity index (χ1) is 12.1. The monoisotopic (exact) mass is 343 g/mol. The van der Waals surface area contributed by atoms with E-state index in [1.54, 1.807) is 17.0 Å². The molecule has 0 radical (unpaired) electrons. The SMILES string of the molecule is CN(C)c1cccc(OCCn2ccnc(N3CCNCC3)c2=O)c1. The summed E-state index contributed by atoms with van der Waals surface area (Å²) in [6.07, 6.45) is 3.40. The van der Waals surface area contributed by atoms with Crippen molar-refractivity contribution in [3.8, 4) is 5.75 Å². The van der Waals surface area contributed by atoms with Crippen molar-refractivity contribution in [3.63, 3.8) is 0 Å². The molecular weight excluding hydrogens is 318 g/mol. The van der Waals surface area contributed by atoms with Crippen LogP contribution in [-0.4, -0.2) is 56.4 Å². The Kier molecular flexibility index (Phi) is 5.55. The van der Waals surface area contributed by atoms with Crippen LogP contribution in [0.5, 0.6) is 5.75 Å². The number of nitrogens with zero attached hydrogens (tertiary/aromatic N) is 4. The van der Waals surface area contributed by atoms with Crippen molar-refractivity contribution >= 4 is 11.5 Å². The molecule has 0 atom stereocenters. The summed E-state index contributed by atoms with van der Waals surface area (Å²) in [5, 5.41) is 3.28. The van der Waals surface area contributed by atoms with Crippen LogP contribution in [0.15, 0.2) is 41.5 Å². The predicted octanol–water partition coefficient (Wildman–Crippen LogP) is 0.798. The van der Waals surface area contributed by atoms with Crippen LogP contribution in [0, 0.1) is 0 Å². The second-order valence-electron chi connectivity index (χ2n) is 6.23. The van der Waals surface area contributed by atoms with E-state index in [1.165, 1.54) is 0 Å². The van der Waals surface area contributed by atoms with Crippen LogP contribution < -0.4 is 25.4 Å². The fourth-order valence-corrected chi connectivity index (χ4v) is 2.82. The zero-order chi connectivity index (χ0) is 17.6. The minimum atomic E-state index is -0.0601.